The molecule has 2 aromatic carbocycles. The van der Waals surface area contributed by atoms with Crippen LogP contribution in [0.25, 0.3) is 11.3 Å². The third kappa shape index (κ3) is 5.30. The Labute approximate surface area is 182 Å². The molecule has 0 aliphatic carbocycles. The van der Waals surface area contributed by atoms with E-state index in [1.165, 1.54) is 17.8 Å². The Morgan fingerprint density at radius 1 is 1.03 bits per heavy atom. The Morgan fingerprint density at radius 3 is 2.45 bits per heavy atom. The van der Waals surface area contributed by atoms with Crippen LogP contribution in [0.4, 0.5) is 10.1 Å². The predicted octanol–water partition coefficient (Wildman–Crippen LogP) is 3.17. The molecule has 0 radical (unpaired) electrons. The summed E-state index contributed by atoms with van der Waals surface area (Å²) in [7, 11) is 1.74. The van der Waals surface area contributed by atoms with Gasteiger partial charge in [0.1, 0.15) is 11.5 Å². The summed E-state index contributed by atoms with van der Waals surface area (Å²) < 4.78 is 14.7. The molecular formula is C24H28FN5O. The Balaban J connectivity index is 1.21. The molecule has 1 aliphatic rings. The fraction of sp³-hybridized carbons (Fsp3) is 0.333. The van der Waals surface area contributed by atoms with Gasteiger partial charge in [-0.05, 0) is 55.4 Å². The minimum absolute atomic E-state index is 0.141. The van der Waals surface area contributed by atoms with E-state index in [1.54, 1.807) is 29.9 Å². The normalized spacial score (nSPS) is 14.6. The van der Waals surface area contributed by atoms with Gasteiger partial charge in [0.15, 0.2) is 0 Å². The number of nitrogens with one attached hydrogen (secondary N) is 1. The van der Waals surface area contributed by atoms with E-state index >= 15 is 0 Å². The van der Waals surface area contributed by atoms with Crippen LogP contribution in [0.1, 0.15) is 16.9 Å². The number of halogens is 1. The number of benzene rings is 2. The Bertz CT molecular complexity index is 995. The fourth-order valence-electron chi connectivity index (χ4n) is 3.91. The number of hydrogen-bond acceptors (Lipinski definition) is 4. The smallest absolute Gasteiger partial charge is 0.269 e. The molecule has 4 rings (SSSR count). The molecule has 0 atom stereocenters. The first kappa shape index (κ1) is 21.1. The Kier molecular flexibility index (Phi) is 6.62. The van der Waals surface area contributed by atoms with E-state index in [0.717, 1.165) is 44.7 Å². The third-order valence-electron chi connectivity index (χ3n) is 5.68. The van der Waals surface area contributed by atoms with Gasteiger partial charge in [0.25, 0.3) is 5.91 Å². The summed E-state index contributed by atoms with van der Waals surface area (Å²) in [5.74, 6) is -0.434. The summed E-state index contributed by atoms with van der Waals surface area (Å²) in [5.41, 5.74) is 3.22. The third-order valence-corrected chi connectivity index (χ3v) is 5.68. The topological polar surface area (TPSA) is 53.4 Å². The molecular weight excluding hydrogens is 393 g/mol. The molecule has 1 aliphatic heterocycles. The molecule has 2 heterocycles. The van der Waals surface area contributed by atoms with E-state index in [1.807, 2.05) is 6.07 Å². The molecule has 7 heteroatoms. The second-order valence-corrected chi connectivity index (χ2v) is 7.82. The lowest BCUT2D eigenvalue weighted by Crippen LogP contribution is -2.47. The molecule has 0 unspecified atom stereocenters. The summed E-state index contributed by atoms with van der Waals surface area (Å²) in [6.07, 6.45) is 0.903. The van der Waals surface area contributed by atoms with Gasteiger partial charge in [0.05, 0.1) is 5.69 Å². The van der Waals surface area contributed by atoms with Crippen LogP contribution in [0.2, 0.25) is 0 Å². The maximum atomic E-state index is 13.1. The summed E-state index contributed by atoms with van der Waals surface area (Å²) in [4.78, 5) is 17.4. The molecule has 1 amide bonds. The molecule has 162 valence electrons. The van der Waals surface area contributed by atoms with Crippen molar-refractivity contribution in [3.05, 3.63) is 72.2 Å². The van der Waals surface area contributed by atoms with Crippen LogP contribution < -0.4 is 10.2 Å². The number of para-hydroxylation sites is 1. The van der Waals surface area contributed by atoms with Gasteiger partial charge >= 0.3 is 0 Å². The van der Waals surface area contributed by atoms with Gasteiger partial charge in [-0.15, -0.1) is 0 Å². The van der Waals surface area contributed by atoms with E-state index < -0.39 is 0 Å². The standard InChI is InChI=1S/C24H28FN5O/c1-28-23(18-22(27-28)19-8-10-20(25)11-9-19)24(31)26-12-5-13-29-14-16-30(17-15-29)21-6-3-2-4-7-21/h2-4,6-11,18H,5,12-17H2,1H3,(H,26,31). The minimum atomic E-state index is -0.292. The monoisotopic (exact) mass is 421 g/mol. The average molecular weight is 422 g/mol. The Hall–Kier alpha value is -3.19. The zero-order valence-electron chi connectivity index (χ0n) is 17.8. The highest BCUT2D eigenvalue weighted by molar-refractivity contribution is 5.93. The average Bonchev–Trinajstić information content (AvgIpc) is 3.20. The summed E-state index contributed by atoms with van der Waals surface area (Å²) >= 11 is 0. The van der Waals surface area contributed by atoms with Gasteiger partial charge < -0.3 is 10.2 Å². The lowest BCUT2D eigenvalue weighted by molar-refractivity contribution is 0.0942. The van der Waals surface area contributed by atoms with Gasteiger partial charge in [-0.25, -0.2) is 4.39 Å². The number of hydrogen-bond donors (Lipinski definition) is 1. The van der Waals surface area contributed by atoms with Crippen LogP contribution in [0.5, 0.6) is 0 Å². The molecule has 1 aromatic heterocycles. The molecule has 0 bridgehead atoms. The van der Waals surface area contributed by atoms with Crippen molar-refractivity contribution in [1.29, 1.82) is 0 Å². The van der Waals surface area contributed by atoms with Crippen molar-refractivity contribution in [3.63, 3.8) is 0 Å². The zero-order chi connectivity index (χ0) is 21.6. The molecule has 0 spiro atoms. The van der Waals surface area contributed by atoms with Crippen LogP contribution >= 0.6 is 0 Å². The highest BCUT2D eigenvalue weighted by Crippen LogP contribution is 2.19. The number of carbonyl (C=O) groups excluding carboxylic acids is 1. The second-order valence-electron chi connectivity index (χ2n) is 7.82. The maximum absolute atomic E-state index is 13.1. The van der Waals surface area contributed by atoms with Gasteiger partial charge in [0.2, 0.25) is 0 Å². The van der Waals surface area contributed by atoms with Crippen LogP contribution in [0.15, 0.2) is 60.7 Å². The maximum Gasteiger partial charge on any atom is 0.269 e. The Morgan fingerprint density at radius 2 is 1.74 bits per heavy atom. The van der Waals surface area contributed by atoms with Gasteiger partial charge in [-0.2, -0.15) is 5.10 Å². The van der Waals surface area contributed by atoms with Crippen molar-refractivity contribution in [2.24, 2.45) is 7.05 Å². The van der Waals surface area contributed by atoms with Crippen LogP contribution in [-0.4, -0.2) is 59.9 Å². The van der Waals surface area contributed by atoms with E-state index in [2.05, 4.69) is 44.5 Å². The quantitative estimate of drug-likeness (QED) is 0.596. The number of aryl methyl sites for hydroxylation is 1. The summed E-state index contributed by atoms with van der Waals surface area (Å²) in [6, 6.07) is 18.4. The zero-order valence-corrected chi connectivity index (χ0v) is 17.8. The molecule has 0 saturated carbocycles. The first-order chi connectivity index (χ1) is 15.1. The van der Waals surface area contributed by atoms with Crippen molar-refractivity contribution in [2.45, 2.75) is 6.42 Å². The molecule has 1 N–H and O–H groups in total. The molecule has 6 nitrogen and oxygen atoms in total. The molecule has 1 saturated heterocycles. The molecule has 31 heavy (non-hydrogen) atoms. The lowest BCUT2D eigenvalue weighted by Gasteiger charge is -2.36. The van der Waals surface area contributed by atoms with E-state index in [4.69, 9.17) is 0 Å². The van der Waals surface area contributed by atoms with Gasteiger partial charge in [-0.1, -0.05) is 18.2 Å². The molecule has 3 aromatic rings. The number of amides is 1. The number of aromatic nitrogens is 2. The van der Waals surface area contributed by atoms with Crippen molar-refractivity contribution >= 4 is 11.6 Å². The highest BCUT2D eigenvalue weighted by Gasteiger charge is 2.17. The van der Waals surface area contributed by atoms with E-state index in [9.17, 15) is 9.18 Å². The number of nitrogens with zero attached hydrogens (tertiary/aromatic N) is 4. The van der Waals surface area contributed by atoms with Crippen LogP contribution in [0, 0.1) is 5.82 Å². The van der Waals surface area contributed by atoms with Crippen molar-refractivity contribution in [2.75, 3.05) is 44.2 Å². The second kappa shape index (κ2) is 9.75. The lowest BCUT2D eigenvalue weighted by atomic mass is 10.1. The predicted molar refractivity (Wildman–Crippen MR) is 121 cm³/mol. The molecule has 1 fully saturated rings. The minimum Gasteiger partial charge on any atom is -0.369 e. The van der Waals surface area contributed by atoms with Crippen molar-refractivity contribution in [1.82, 2.24) is 20.0 Å². The number of anilines is 1. The SMILES string of the molecule is Cn1nc(-c2ccc(F)cc2)cc1C(=O)NCCCN1CCN(c2ccccc2)CC1. The van der Waals surface area contributed by atoms with Gasteiger partial charge in [-0.3, -0.25) is 14.4 Å². The summed E-state index contributed by atoms with van der Waals surface area (Å²) in [6.45, 7) is 5.70. The first-order valence-corrected chi connectivity index (χ1v) is 10.7. The van der Waals surface area contributed by atoms with Crippen molar-refractivity contribution in [3.8, 4) is 11.3 Å². The van der Waals surface area contributed by atoms with Crippen molar-refractivity contribution < 1.29 is 9.18 Å². The number of rotatable bonds is 7. The first-order valence-electron chi connectivity index (χ1n) is 10.7. The number of carbonyl (C=O) groups is 1. The highest BCUT2D eigenvalue weighted by atomic mass is 19.1. The fourth-order valence-corrected chi connectivity index (χ4v) is 3.91. The largest absolute Gasteiger partial charge is 0.369 e. The van der Waals surface area contributed by atoms with E-state index in [0.29, 0.717) is 17.9 Å². The van der Waals surface area contributed by atoms with E-state index in [-0.39, 0.29) is 11.7 Å². The summed E-state index contributed by atoms with van der Waals surface area (Å²) in [5, 5.41) is 7.38. The van der Waals surface area contributed by atoms with Gasteiger partial charge in [0, 0.05) is 51.0 Å². The number of piperazine rings is 1. The van der Waals surface area contributed by atoms with Crippen LogP contribution in [0.3, 0.4) is 0 Å². The van der Waals surface area contributed by atoms with Crippen LogP contribution in [-0.2, 0) is 7.05 Å².